The molecule has 0 radical (unpaired) electrons. The molecule has 0 N–H and O–H groups in total. The first-order valence-corrected chi connectivity index (χ1v) is 13.6. The first-order valence-electron chi connectivity index (χ1n) is 11.5. The van der Waals surface area contributed by atoms with Gasteiger partial charge >= 0.3 is 0 Å². The predicted octanol–water partition coefficient (Wildman–Crippen LogP) is 3.22. The Balaban J connectivity index is 2.22. The predicted molar refractivity (Wildman–Crippen MR) is 128 cm³/mol. The number of amides is 2. The number of nitrogens with zero attached hydrogens (tertiary/aromatic N) is 3. The number of benzene rings is 1. The molecule has 1 aromatic rings. The van der Waals surface area contributed by atoms with Crippen molar-refractivity contribution in [1.82, 2.24) is 14.1 Å². The summed E-state index contributed by atoms with van der Waals surface area (Å²) in [7, 11) is -3.53. The molecule has 2 rings (SSSR count). The third-order valence-corrected chi connectivity index (χ3v) is 7.99. The number of rotatable bonds is 11. The standard InChI is InChI=1S/C23H35ClFN3O4S/c1-4-12-27(33(31,32)15-5-2)17-22(29)28(16-19-6-8-20(25)9-7-19)21-10-13-26(14-11-21)23(30)18(3)24/h6-9,18,21H,4-5,10-17H2,1-3H3/t18-/m1/s1. The summed E-state index contributed by atoms with van der Waals surface area (Å²) in [6.07, 6.45) is 2.21. The lowest BCUT2D eigenvalue weighted by atomic mass is 10.0. The molecule has 0 saturated carbocycles. The van der Waals surface area contributed by atoms with Gasteiger partial charge < -0.3 is 9.80 Å². The van der Waals surface area contributed by atoms with Crippen LogP contribution in [0.4, 0.5) is 4.39 Å². The number of hydrogen-bond acceptors (Lipinski definition) is 4. The smallest absolute Gasteiger partial charge is 0.240 e. The third kappa shape index (κ3) is 7.93. The van der Waals surface area contributed by atoms with E-state index >= 15 is 0 Å². The average molecular weight is 504 g/mol. The van der Waals surface area contributed by atoms with Crippen LogP contribution in [0.3, 0.4) is 0 Å². The summed E-state index contributed by atoms with van der Waals surface area (Å²) in [5, 5.41) is -0.607. The van der Waals surface area contributed by atoms with Crippen molar-refractivity contribution in [2.24, 2.45) is 0 Å². The van der Waals surface area contributed by atoms with E-state index < -0.39 is 15.4 Å². The van der Waals surface area contributed by atoms with Gasteiger partial charge in [-0.25, -0.2) is 12.8 Å². The number of piperidine rings is 1. The van der Waals surface area contributed by atoms with E-state index in [9.17, 15) is 22.4 Å². The van der Waals surface area contributed by atoms with E-state index in [-0.39, 0.29) is 49.1 Å². The van der Waals surface area contributed by atoms with Gasteiger partial charge in [-0.3, -0.25) is 9.59 Å². The lowest BCUT2D eigenvalue weighted by Crippen LogP contribution is -2.52. The van der Waals surface area contributed by atoms with Crippen LogP contribution >= 0.6 is 11.6 Å². The Bertz CT molecular complexity index is 887. The van der Waals surface area contributed by atoms with Crippen LogP contribution in [0, 0.1) is 5.82 Å². The van der Waals surface area contributed by atoms with Gasteiger partial charge in [0.1, 0.15) is 11.2 Å². The van der Waals surface area contributed by atoms with Crippen LogP contribution in [0.2, 0.25) is 0 Å². The highest BCUT2D eigenvalue weighted by Crippen LogP contribution is 2.22. The summed E-state index contributed by atoms with van der Waals surface area (Å²) in [4.78, 5) is 29.0. The maximum Gasteiger partial charge on any atom is 0.240 e. The molecule has 0 bridgehead atoms. The van der Waals surface area contributed by atoms with E-state index in [2.05, 4.69) is 0 Å². The number of halogens is 2. The van der Waals surface area contributed by atoms with Crippen molar-refractivity contribution in [2.45, 2.75) is 64.4 Å². The van der Waals surface area contributed by atoms with Crippen LogP contribution in [-0.4, -0.2) is 77.7 Å². The number of hydrogen-bond donors (Lipinski definition) is 0. The molecule has 1 saturated heterocycles. The van der Waals surface area contributed by atoms with Gasteiger partial charge in [0.2, 0.25) is 21.8 Å². The number of carbonyl (C=O) groups excluding carboxylic acids is 2. The minimum Gasteiger partial charge on any atom is -0.341 e. The highest BCUT2D eigenvalue weighted by Gasteiger charge is 2.33. The zero-order valence-electron chi connectivity index (χ0n) is 19.7. The van der Waals surface area contributed by atoms with Crippen molar-refractivity contribution in [3.8, 4) is 0 Å². The Labute approximate surface area is 201 Å². The van der Waals surface area contributed by atoms with Crippen LogP contribution in [0.5, 0.6) is 0 Å². The monoisotopic (exact) mass is 503 g/mol. The first-order chi connectivity index (χ1) is 15.6. The fourth-order valence-corrected chi connectivity index (χ4v) is 5.73. The molecule has 0 spiro atoms. The van der Waals surface area contributed by atoms with E-state index in [4.69, 9.17) is 11.6 Å². The van der Waals surface area contributed by atoms with Gasteiger partial charge in [0.25, 0.3) is 0 Å². The minimum absolute atomic E-state index is 0.00461. The van der Waals surface area contributed by atoms with E-state index in [1.807, 2.05) is 6.92 Å². The van der Waals surface area contributed by atoms with Gasteiger partial charge in [-0.15, -0.1) is 11.6 Å². The Kier molecular flexibility index (Phi) is 10.6. The van der Waals surface area contributed by atoms with Gasteiger partial charge in [0, 0.05) is 32.2 Å². The van der Waals surface area contributed by atoms with Crippen LogP contribution in [0.15, 0.2) is 24.3 Å². The molecule has 10 heteroatoms. The maximum absolute atomic E-state index is 13.4. The molecule has 2 amide bonds. The highest BCUT2D eigenvalue weighted by atomic mass is 35.5. The summed E-state index contributed by atoms with van der Waals surface area (Å²) >= 11 is 5.94. The zero-order chi connectivity index (χ0) is 24.6. The molecule has 0 aliphatic carbocycles. The Morgan fingerprint density at radius 2 is 1.76 bits per heavy atom. The quantitative estimate of drug-likeness (QED) is 0.434. The third-order valence-electron chi connectivity index (χ3n) is 5.78. The second-order valence-electron chi connectivity index (χ2n) is 8.47. The summed E-state index contributed by atoms with van der Waals surface area (Å²) in [5.41, 5.74) is 0.760. The topological polar surface area (TPSA) is 78.0 Å². The van der Waals surface area contributed by atoms with Gasteiger partial charge in [0.15, 0.2) is 0 Å². The van der Waals surface area contributed by atoms with Gasteiger partial charge in [-0.2, -0.15) is 4.31 Å². The van der Waals surface area contributed by atoms with Gasteiger partial charge in [-0.1, -0.05) is 26.0 Å². The number of likely N-dealkylation sites (tertiary alicyclic amines) is 1. The van der Waals surface area contributed by atoms with Crippen LogP contribution in [0.25, 0.3) is 0 Å². The zero-order valence-corrected chi connectivity index (χ0v) is 21.2. The summed E-state index contributed by atoms with van der Waals surface area (Å²) < 4.78 is 40.0. The Morgan fingerprint density at radius 1 is 1.15 bits per heavy atom. The van der Waals surface area contributed by atoms with E-state index in [1.54, 1.807) is 35.8 Å². The highest BCUT2D eigenvalue weighted by molar-refractivity contribution is 7.89. The van der Waals surface area contributed by atoms with E-state index in [1.165, 1.54) is 16.4 Å². The maximum atomic E-state index is 13.4. The molecule has 33 heavy (non-hydrogen) atoms. The van der Waals surface area contributed by atoms with Crippen LogP contribution in [0.1, 0.15) is 52.0 Å². The van der Waals surface area contributed by atoms with Crippen molar-refractivity contribution < 1.29 is 22.4 Å². The molecule has 186 valence electrons. The van der Waals surface area contributed by atoms with Crippen molar-refractivity contribution >= 4 is 33.4 Å². The van der Waals surface area contributed by atoms with E-state index in [0.29, 0.717) is 38.8 Å². The van der Waals surface area contributed by atoms with Crippen LogP contribution in [-0.2, 0) is 26.2 Å². The lowest BCUT2D eigenvalue weighted by molar-refractivity contribution is -0.137. The summed E-state index contributed by atoms with van der Waals surface area (Å²) in [6, 6.07) is 5.78. The molecule has 0 unspecified atom stereocenters. The average Bonchev–Trinajstić information content (AvgIpc) is 2.78. The fourth-order valence-electron chi connectivity index (χ4n) is 4.05. The number of sulfonamides is 1. The van der Waals surface area contributed by atoms with Gasteiger partial charge in [-0.05, 0) is 50.3 Å². The van der Waals surface area contributed by atoms with Crippen LogP contribution < -0.4 is 0 Å². The summed E-state index contributed by atoms with van der Waals surface area (Å²) in [5.74, 6) is -0.789. The SMILES string of the molecule is CCCN(CC(=O)N(Cc1ccc(F)cc1)C1CCN(C(=O)[C@@H](C)Cl)CC1)S(=O)(=O)CCC. The van der Waals surface area contributed by atoms with Gasteiger partial charge in [0.05, 0.1) is 12.3 Å². The van der Waals surface area contributed by atoms with Crippen molar-refractivity contribution in [3.63, 3.8) is 0 Å². The first kappa shape index (κ1) is 27.5. The molecular weight excluding hydrogens is 469 g/mol. The molecule has 1 heterocycles. The fraction of sp³-hybridized carbons (Fsp3) is 0.652. The normalized spacial score (nSPS) is 16.1. The molecule has 1 aromatic carbocycles. The second kappa shape index (κ2) is 12.7. The van der Waals surface area contributed by atoms with Crippen molar-refractivity contribution in [3.05, 3.63) is 35.6 Å². The molecule has 1 aliphatic rings. The Morgan fingerprint density at radius 3 is 2.27 bits per heavy atom. The molecular formula is C23H35ClFN3O4S. The molecule has 1 aliphatic heterocycles. The molecule has 1 fully saturated rings. The molecule has 1 atom stereocenters. The molecule has 7 nitrogen and oxygen atoms in total. The van der Waals surface area contributed by atoms with E-state index in [0.717, 1.165) is 5.56 Å². The lowest BCUT2D eigenvalue weighted by Gasteiger charge is -2.39. The summed E-state index contributed by atoms with van der Waals surface area (Å²) in [6.45, 7) is 6.55. The molecule has 0 aromatic heterocycles. The second-order valence-corrected chi connectivity index (χ2v) is 11.2. The minimum atomic E-state index is -3.53. The number of carbonyl (C=O) groups is 2. The van der Waals surface area contributed by atoms with Crippen molar-refractivity contribution in [1.29, 1.82) is 0 Å². The largest absolute Gasteiger partial charge is 0.341 e. The number of alkyl halides is 1. The Hall–Kier alpha value is -1.71. The van der Waals surface area contributed by atoms with Crippen molar-refractivity contribution in [2.75, 3.05) is 31.9 Å².